The first kappa shape index (κ1) is 19.4. The van der Waals surface area contributed by atoms with Crippen LogP contribution < -0.4 is 5.32 Å². The van der Waals surface area contributed by atoms with Gasteiger partial charge in [-0.3, -0.25) is 0 Å². The van der Waals surface area contributed by atoms with E-state index in [1.54, 1.807) is 16.7 Å². The van der Waals surface area contributed by atoms with Crippen LogP contribution in [0.15, 0.2) is 30.5 Å². The number of nitrogens with zero attached hydrogens (tertiary/aromatic N) is 3. The van der Waals surface area contributed by atoms with Gasteiger partial charge in [0, 0.05) is 17.8 Å². The third-order valence-electron chi connectivity index (χ3n) is 4.72. The molecule has 0 spiro atoms. The topological polar surface area (TPSA) is 63.0 Å². The van der Waals surface area contributed by atoms with E-state index in [1.807, 2.05) is 27.0 Å². The molecule has 1 unspecified atom stereocenters. The predicted octanol–water partition coefficient (Wildman–Crippen LogP) is 5.33. The second-order valence-electron chi connectivity index (χ2n) is 7.53. The largest absolute Gasteiger partial charge is 0.493 e. The van der Waals surface area contributed by atoms with E-state index in [9.17, 15) is 9.50 Å². The average molecular weight is 391 g/mol. The van der Waals surface area contributed by atoms with E-state index >= 15 is 0 Å². The third-order valence-corrected chi connectivity index (χ3v) is 4.89. The van der Waals surface area contributed by atoms with Crippen LogP contribution in [0, 0.1) is 5.82 Å². The molecule has 27 heavy (non-hydrogen) atoms. The molecule has 2 heterocycles. The zero-order valence-electron chi connectivity index (χ0n) is 15.9. The maximum atomic E-state index is 13.1. The lowest BCUT2D eigenvalue weighted by Crippen LogP contribution is -2.34. The van der Waals surface area contributed by atoms with Crippen molar-refractivity contribution in [2.45, 2.75) is 52.1 Å². The highest BCUT2D eigenvalue weighted by Gasteiger charge is 2.23. The van der Waals surface area contributed by atoms with Gasteiger partial charge in [0.05, 0.1) is 5.39 Å². The second-order valence-corrected chi connectivity index (χ2v) is 7.87. The van der Waals surface area contributed by atoms with Crippen LogP contribution in [-0.4, -0.2) is 25.2 Å². The normalized spacial score (nSPS) is 13.1. The van der Waals surface area contributed by atoms with Gasteiger partial charge < -0.3 is 15.0 Å². The minimum absolute atomic E-state index is 0.0692. The van der Waals surface area contributed by atoms with E-state index in [0.29, 0.717) is 23.1 Å². The number of hydrogen-bond acceptors (Lipinski definition) is 4. The van der Waals surface area contributed by atoms with Crippen LogP contribution in [0.25, 0.3) is 10.9 Å². The fourth-order valence-electron chi connectivity index (χ4n) is 3.16. The summed E-state index contributed by atoms with van der Waals surface area (Å²) in [6.45, 7) is 8.14. The molecule has 144 valence electrons. The smallest absolute Gasteiger partial charge is 0.225 e. The van der Waals surface area contributed by atoms with Gasteiger partial charge >= 0.3 is 0 Å². The van der Waals surface area contributed by atoms with Crippen LogP contribution >= 0.6 is 11.6 Å². The van der Waals surface area contributed by atoms with Gasteiger partial charge in [0.25, 0.3) is 0 Å². The molecule has 2 N–H and O–H groups in total. The van der Waals surface area contributed by atoms with E-state index in [2.05, 4.69) is 22.2 Å². The molecule has 1 atom stereocenters. The number of rotatable bonds is 6. The minimum Gasteiger partial charge on any atom is -0.493 e. The molecule has 3 aromatic rings. The van der Waals surface area contributed by atoms with Crippen LogP contribution in [0.5, 0.6) is 5.88 Å². The lowest BCUT2D eigenvalue weighted by Gasteiger charge is -2.27. The lowest BCUT2D eigenvalue weighted by atomic mass is 9.95. The number of fused-ring (bicyclic) bond motifs is 1. The van der Waals surface area contributed by atoms with Crippen molar-refractivity contribution in [2.24, 2.45) is 0 Å². The number of benzene rings is 1. The van der Waals surface area contributed by atoms with Gasteiger partial charge in [-0.1, -0.05) is 19.1 Å². The van der Waals surface area contributed by atoms with Gasteiger partial charge in [0.2, 0.25) is 11.2 Å². The Morgan fingerprint density at radius 1 is 1.26 bits per heavy atom. The Morgan fingerprint density at radius 3 is 2.56 bits per heavy atom. The van der Waals surface area contributed by atoms with Gasteiger partial charge in [0.15, 0.2) is 0 Å². The van der Waals surface area contributed by atoms with Crippen molar-refractivity contribution >= 4 is 28.3 Å². The first-order valence-electron chi connectivity index (χ1n) is 9.00. The molecule has 0 aliphatic rings. The molecule has 0 amide bonds. The Bertz CT molecular complexity index is 953. The summed E-state index contributed by atoms with van der Waals surface area (Å²) in [6, 6.07) is 6.57. The number of aromatic nitrogens is 3. The molecule has 0 aliphatic heterocycles. The molecule has 0 fully saturated rings. The van der Waals surface area contributed by atoms with Crippen molar-refractivity contribution in [2.75, 3.05) is 5.32 Å². The first-order valence-corrected chi connectivity index (χ1v) is 9.37. The fourth-order valence-corrected chi connectivity index (χ4v) is 3.33. The Morgan fingerprint density at radius 2 is 1.93 bits per heavy atom. The Labute approximate surface area is 163 Å². The van der Waals surface area contributed by atoms with Crippen molar-refractivity contribution in [3.8, 4) is 5.88 Å². The quantitative estimate of drug-likeness (QED) is 0.558. The highest BCUT2D eigenvalue weighted by Crippen LogP contribution is 2.35. The van der Waals surface area contributed by atoms with Crippen molar-refractivity contribution in [3.05, 3.63) is 47.1 Å². The van der Waals surface area contributed by atoms with E-state index in [-0.39, 0.29) is 28.6 Å². The molecule has 0 bridgehead atoms. The van der Waals surface area contributed by atoms with Crippen molar-refractivity contribution in [1.82, 2.24) is 14.5 Å². The summed E-state index contributed by atoms with van der Waals surface area (Å²) in [6.07, 6.45) is 3.38. The van der Waals surface area contributed by atoms with Crippen LogP contribution in [0.1, 0.15) is 45.7 Å². The van der Waals surface area contributed by atoms with E-state index in [0.717, 1.165) is 12.0 Å². The molecule has 1 aromatic carbocycles. The summed E-state index contributed by atoms with van der Waals surface area (Å²) in [7, 11) is 0. The van der Waals surface area contributed by atoms with Gasteiger partial charge in [0.1, 0.15) is 17.2 Å². The number of nitrogens with one attached hydrogen (secondary N) is 1. The zero-order valence-corrected chi connectivity index (χ0v) is 16.7. The molecule has 0 saturated heterocycles. The number of anilines is 1. The second kappa shape index (κ2) is 7.35. The zero-order chi connectivity index (χ0) is 19.8. The summed E-state index contributed by atoms with van der Waals surface area (Å²) in [5.41, 5.74) is 1.05. The summed E-state index contributed by atoms with van der Waals surface area (Å²) >= 11 is 6.10. The van der Waals surface area contributed by atoms with Crippen molar-refractivity contribution in [3.63, 3.8) is 0 Å². The maximum Gasteiger partial charge on any atom is 0.225 e. The summed E-state index contributed by atoms with van der Waals surface area (Å²) in [4.78, 5) is 8.54. The standard InChI is InChI=1S/C20H24ClFN4O/c1-5-12(2)26-11-15-16(18(26)27)23-19(21)24-17(15)25-20(3,4)10-13-6-8-14(22)9-7-13/h6-9,11-12,27H,5,10H2,1-4H3,(H,23,24,25). The molecular formula is C20H24ClFN4O. The number of hydrogen-bond donors (Lipinski definition) is 2. The van der Waals surface area contributed by atoms with E-state index in [1.165, 1.54) is 12.1 Å². The molecular weight excluding hydrogens is 367 g/mol. The van der Waals surface area contributed by atoms with E-state index < -0.39 is 0 Å². The summed E-state index contributed by atoms with van der Waals surface area (Å²) in [5, 5.41) is 14.7. The molecule has 0 radical (unpaired) electrons. The van der Waals surface area contributed by atoms with Gasteiger partial charge in [-0.05, 0) is 62.9 Å². The predicted molar refractivity (Wildman–Crippen MR) is 107 cm³/mol. The summed E-state index contributed by atoms with van der Waals surface area (Å²) < 4.78 is 14.9. The van der Waals surface area contributed by atoms with Gasteiger partial charge in [-0.25, -0.2) is 14.4 Å². The highest BCUT2D eigenvalue weighted by molar-refractivity contribution is 6.29. The molecule has 3 rings (SSSR count). The molecule has 7 heteroatoms. The van der Waals surface area contributed by atoms with Crippen LogP contribution in [-0.2, 0) is 6.42 Å². The minimum atomic E-state index is -0.378. The summed E-state index contributed by atoms with van der Waals surface area (Å²) in [5.74, 6) is 0.396. The van der Waals surface area contributed by atoms with Crippen LogP contribution in [0.2, 0.25) is 5.28 Å². The van der Waals surface area contributed by atoms with Crippen molar-refractivity contribution < 1.29 is 9.50 Å². The third kappa shape index (κ3) is 4.16. The molecule has 2 aromatic heterocycles. The number of aromatic hydroxyl groups is 1. The average Bonchev–Trinajstić information content (AvgIpc) is 2.93. The van der Waals surface area contributed by atoms with Gasteiger partial charge in [-0.2, -0.15) is 0 Å². The van der Waals surface area contributed by atoms with Crippen molar-refractivity contribution in [1.29, 1.82) is 0 Å². The molecule has 0 aliphatic carbocycles. The molecule has 5 nitrogen and oxygen atoms in total. The SMILES string of the molecule is CCC(C)n1cc2c(NC(C)(C)Cc3ccc(F)cc3)nc(Cl)nc2c1O. The first-order chi connectivity index (χ1) is 12.7. The fraction of sp³-hybridized carbons (Fsp3) is 0.400. The van der Waals surface area contributed by atoms with E-state index in [4.69, 9.17) is 11.6 Å². The monoisotopic (exact) mass is 390 g/mol. The van der Waals surface area contributed by atoms with Crippen LogP contribution in [0.3, 0.4) is 0 Å². The Hall–Kier alpha value is -2.34. The lowest BCUT2D eigenvalue weighted by molar-refractivity contribution is 0.390. The highest BCUT2D eigenvalue weighted by atomic mass is 35.5. The Balaban J connectivity index is 1.96. The van der Waals surface area contributed by atoms with Crippen LogP contribution in [0.4, 0.5) is 10.2 Å². The van der Waals surface area contributed by atoms with Gasteiger partial charge in [-0.15, -0.1) is 0 Å². The Kier molecular flexibility index (Phi) is 5.29. The maximum absolute atomic E-state index is 13.1. The number of halogens is 2. The molecule has 0 saturated carbocycles.